The molecule has 6 heteroatoms. The second-order valence-electron chi connectivity index (χ2n) is 6.35. The van der Waals surface area contributed by atoms with E-state index in [-0.39, 0.29) is 5.69 Å². The number of benzene rings is 1. The highest BCUT2D eigenvalue weighted by Crippen LogP contribution is 2.35. The van der Waals surface area contributed by atoms with Gasteiger partial charge in [-0.2, -0.15) is 0 Å². The van der Waals surface area contributed by atoms with Crippen LogP contribution in [0.2, 0.25) is 0 Å². The van der Waals surface area contributed by atoms with Crippen molar-refractivity contribution in [1.82, 2.24) is 15.1 Å². The normalized spacial score (nSPS) is 14.8. The van der Waals surface area contributed by atoms with Crippen LogP contribution in [0.5, 0.6) is 0 Å². The van der Waals surface area contributed by atoms with Crippen LogP contribution in [0.1, 0.15) is 30.4 Å². The predicted octanol–water partition coefficient (Wildman–Crippen LogP) is 2.98. The zero-order chi connectivity index (χ0) is 17.0. The quantitative estimate of drug-likeness (QED) is 0.712. The molecule has 0 spiro atoms. The Hall–Kier alpha value is -2.89. The summed E-state index contributed by atoms with van der Waals surface area (Å²) in [5.41, 5.74) is 7.63. The fourth-order valence-corrected chi connectivity index (χ4v) is 3.55. The third-order valence-corrected chi connectivity index (χ3v) is 4.63. The maximum Gasteiger partial charge on any atom is 0.323 e. The molecule has 0 radical (unpaired) electrons. The molecule has 1 aromatic carbocycles. The molecule has 0 saturated carbocycles. The Bertz CT molecular complexity index is 1070. The van der Waals surface area contributed by atoms with Gasteiger partial charge in [-0.05, 0) is 38.5 Å². The lowest BCUT2D eigenvalue weighted by atomic mass is 9.97. The van der Waals surface area contributed by atoms with E-state index in [1.807, 2.05) is 27.0 Å². The summed E-state index contributed by atoms with van der Waals surface area (Å²) in [6.45, 7) is 5.95. The first-order chi connectivity index (χ1) is 11.5. The molecule has 1 aliphatic rings. The fraction of sp³-hybridized carbons (Fsp3) is 0.278. The van der Waals surface area contributed by atoms with Crippen LogP contribution in [0, 0.1) is 13.8 Å². The molecular weight excluding hydrogens is 304 g/mol. The molecule has 0 amide bonds. The highest BCUT2D eigenvalue weighted by atomic mass is 16.5. The Morgan fingerprint density at radius 3 is 2.62 bits per heavy atom. The molecule has 3 aromatic rings. The van der Waals surface area contributed by atoms with Gasteiger partial charge in [0.2, 0.25) is 5.70 Å². The average molecular weight is 323 g/mol. The molecule has 0 aliphatic carbocycles. The summed E-state index contributed by atoms with van der Waals surface area (Å²) in [5, 5.41) is 4.05. The smallest absolute Gasteiger partial charge is 0.323 e. The van der Waals surface area contributed by atoms with Crippen molar-refractivity contribution in [2.24, 2.45) is 0 Å². The largest absolute Gasteiger partial charge is 0.361 e. The topological polar surface area (TPSA) is 77.7 Å². The Labute approximate surface area is 138 Å². The minimum Gasteiger partial charge on any atom is -0.361 e. The second kappa shape index (κ2) is 5.06. The van der Waals surface area contributed by atoms with Crippen molar-refractivity contribution in [3.63, 3.8) is 0 Å². The van der Waals surface area contributed by atoms with Crippen LogP contribution < -0.4 is 5.69 Å². The minimum atomic E-state index is -0.204. The zero-order valence-electron chi connectivity index (χ0n) is 14.2. The molecule has 3 heterocycles. The second-order valence-corrected chi connectivity index (χ2v) is 6.35. The van der Waals surface area contributed by atoms with E-state index in [2.05, 4.69) is 38.9 Å². The first-order valence-corrected chi connectivity index (χ1v) is 7.91. The van der Waals surface area contributed by atoms with E-state index in [0.717, 1.165) is 51.3 Å². The molecule has 122 valence electrons. The van der Waals surface area contributed by atoms with Crippen molar-refractivity contribution in [3.05, 3.63) is 45.2 Å². The maximum atomic E-state index is 11.9. The van der Waals surface area contributed by atoms with Gasteiger partial charge in [0.15, 0.2) is 0 Å². The highest BCUT2D eigenvalue weighted by Gasteiger charge is 2.26. The van der Waals surface area contributed by atoms with Crippen LogP contribution in [0.25, 0.3) is 27.9 Å². The van der Waals surface area contributed by atoms with E-state index in [1.165, 1.54) is 5.57 Å². The lowest BCUT2D eigenvalue weighted by molar-refractivity contribution is -0.387. The average Bonchev–Trinajstić information content (AvgIpc) is 3.16. The molecule has 24 heavy (non-hydrogen) atoms. The molecule has 4 rings (SSSR count). The molecular formula is C18H19N4O2+. The number of imidazole rings is 1. The van der Waals surface area contributed by atoms with Crippen LogP contribution in [-0.4, -0.2) is 33.0 Å². The summed E-state index contributed by atoms with van der Waals surface area (Å²) in [6, 6.07) is 4.07. The van der Waals surface area contributed by atoms with Crippen molar-refractivity contribution in [3.8, 4) is 11.1 Å². The number of hydrogen-bond acceptors (Lipinski definition) is 3. The summed E-state index contributed by atoms with van der Waals surface area (Å²) < 4.78 is 7.43. The number of fused-ring (bicyclic) bond motifs is 1. The van der Waals surface area contributed by atoms with Gasteiger partial charge in [0, 0.05) is 11.1 Å². The van der Waals surface area contributed by atoms with Crippen LogP contribution in [0.15, 0.2) is 27.0 Å². The summed E-state index contributed by atoms with van der Waals surface area (Å²) in [4.78, 5) is 17.7. The van der Waals surface area contributed by atoms with E-state index in [4.69, 9.17) is 4.52 Å². The number of aryl methyl sites for hydroxylation is 2. The van der Waals surface area contributed by atoms with E-state index < -0.39 is 0 Å². The summed E-state index contributed by atoms with van der Waals surface area (Å²) >= 11 is 0. The predicted molar refractivity (Wildman–Crippen MR) is 93.3 cm³/mol. The Kier molecular flexibility index (Phi) is 3.09. The number of hydrogen-bond donors (Lipinski definition) is 2. The van der Waals surface area contributed by atoms with Crippen molar-refractivity contribution < 1.29 is 9.10 Å². The lowest BCUT2D eigenvalue weighted by Crippen LogP contribution is -2.03. The van der Waals surface area contributed by atoms with Crippen molar-refractivity contribution in [2.45, 2.75) is 27.2 Å². The summed E-state index contributed by atoms with van der Waals surface area (Å²) in [5.74, 6) is 0.771. The van der Waals surface area contributed by atoms with Crippen LogP contribution in [-0.2, 0) is 0 Å². The number of rotatable bonds is 2. The molecule has 0 unspecified atom stereocenters. The molecule has 6 nitrogen and oxygen atoms in total. The van der Waals surface area contributed by atoms with Crippen LogP contribution >= 0.6 is 0 Å². The Morgan fingerprint density at radius 2 is 2.00 bits per heavy atom. The maximum absolute atomic E-state index is 11.9. The molecule has 0 fully saturated rings. The van der Waals surface area contributed by atoms with Gasteiger partial charge in [0.25, 0.3) is 0 Å². The molecule has 2 aromatic heterocycles. The Balaban J connectivity index is 2.08. The standard InChI is InChI=1S/C18H18N4O2/c1-9-5-6-22(4)17(9)13-7-12(15-10(2)21-24-11(15)3)8-14-16(13)20-18(23)19-14/h6-8H,5H2,1-4H3,(H-,19,20,23)/p+1. The van der Waals surface area contributed by atoms with Crippen molar-refractivity contribution >= 4 is 22.9 Å². The van der Waals surface area contributed by atoms with E-state index >= 15 is 0 Å². The van der Waals surface area contributed by atoms with E-state index in [0.29, 0.717) is 0 Å². The number of nitrogens with one attached hydrogen (secondary N) is 2. The molecule has 0 saturated heterocycles. The third-order valence-electron chi connectivity index (χ3n) is 4.63. The minimum absolute atomic E-state index is 0.204. The molecule has 2 N–H and O–H groups in total. The van der Waals surface area contributed by atoms with E-state index in [1.54, 1.807) is 0 Å². The van der Waals surface area contributed by atoms with Gasteiger partial charge in [0.05, 0.1) is 28.7 Å². The Morgan fingerprint density at radius 1 is 1.21 bits per heavy atom. The van der Waals surface area contributed by atoms with Crippen molar-refractivity contribution in [2.75, 3.05) is 7.05 Å². The molecule has 1 aliphatic heterocycles. The van der Waals surface area contributed by atoms with Gasteiger partial charge in [0.1, 0.15) is 19.0 Å². The van der Waals surface area contributed by atoms with Gasteiger partial charge >= 0.3 is 5.69 Å². The van der Waals surface area contributed by atoms with Crippen LogP contribution in [0.3, 0.4) is 0 Å². The SMILES string of the molecule is CC1=C(c2cc(-c3c(C)noc3C)cc3[nH]c(=O)[nH]c23)[N+](C)=CC1. The third kappa shape index (κ3) is 2.06. The van der Waals surface area contributed by atoms with E-state index in [9.17, 15) is 4.79 Å². The van der Waals surface area contributed by atoms with Crippen molar-refractivity contribution in [1.29, 1.82) is 0 Å². The fourth-order valence-electron chi connectivity index (χ4n) is 3.55. The highest BCUT2D eigenvalue weighted by molar-refractivity contribution is 5.94. The van der Waals surface area contributed by atoms with Gasteiger partial charge in [-0.25, -0.2) is 9.37 Å². The lowest BCUT2D eigenvalue weighted by Gasteiger charge is -2.07. The first kappa shape index (κ1) is 14.7. The van der Waals surface area contributed by atoms with Gasteiger partial charge in [-0.15, -0.1) is 0 Å². The zero-order valence-corrected chi connectivity index (χ0v) is 14.2. The molecule has 0 bridgehead atoms. The van der Waals surface area contributed by atoms with Gasteiger partial charge < -0.3 is 14.5 Å². The van der Waals surface area contributed by atoms with Gasteiger partial charge in [-0.1, -0.05) is 5.16 Å². The number of aromatic nitrogens is 3. The summed E-state index contributed by atoms with van der Waals surface area (Å²) in [6.07, 6.45) is 3.06. The van der Waals surface area contributed by atoms with Gasteiger partial charge in [-0.3, -0.25) is 0 Å². The number of aromatic amines is 2. The summed E-state index contributed by atoms with van der Waals surface area (Å²) in [7, 11) is 2.03. The monoisotopic (exact) mass is 323 g/mol. The number of allylic oxidation sites excluding steroid dienone is 1. The van der Waals surface area contributed by atoms with Crippen LogP contribution in [0.4, 0.5) is 0 Å². The number of H-pyrrole nitrogens is 2. The molecule has 0 atom stereocenters. The first-order valence-electron chi connectivity index (χ1n) is 7.91. The number of nitrogens with zero attached hydrogens (tertiary/aromatic N) is 2.